The number of ether oxygens (including phenoxy) is 1. The van der Waals surface area contributed by atoms with E-state index < -0.39 is 0 Å². The summed E-state index contributed by atoms with van der Waals surface area (Å²) in [5, 5.41) is 3.38. The lowest BCUT2D eigenvalue weighted by Crippen LogP contribution is -2.43. The largest absolute Gasteiger partial charge is 0.492 e. The van der Waals surface area contributed by atoms with Crippen LogP contribution in [-0.4, -0.2) is 41.6 Å². The number of rotatable bonds is 5. The van der Waals surface area contributed by atoms with Gasteiger partial charge in [-0.05, 0) is 31.9 Å². The number of pyridine rings is 2. The molecule has 3 aromatic rings. The molecule has 4 heterocycles. The SMILES string of the molecule is CCOc1ccnc2c(C(=O)Nc3cnccc3N3CCCC(N)C3)c(N)sc12. The van der Waals surface area contributed by atoms with Crippen molar-refractivity contribution in [2.75, 3.05) is 35.6 Å². The second-order valence-corrected chi connectivity index (χ2v) is 8.01. The third kappa shape index (κ3) is 3.83. The molecule has 1 aliphatic rings. The fourth-order valence-electron chi connectivity index (χ4n) is 3.65. The number of nitrogens with one attached hydrogen (secondary N) is 1. The lowest BCUT2D eigenvalue weighted by atomic mass is 10.1. The van der Waals surface area contributed by atoms with Crippen molar-refractivity contribution in [1.29, 1.82) is 0 Å². The van der Waals surface area contributed by atoms with Crippen LogP contribution in [0.5, 0.6) is 5.75 Å². The zero-order valence-corrected chi connectivity index (χ0v) is 17.0. The number of carbonyl (C=O) groups excluding carboxylic acids is 1. The van der Waals surface area contributed by atoms with Crippen LogP contribution in [0, 0.1) is 0 Å². The summed E-state index contributed by atoms with van der Waals surface area (Å²) >= 11 is 1.30. The number of aromatic nitrogens is 2. The molecule has 1 unspecified atom stereocenters. The molecule has 0 saturated carbocycles. The van der Waals surface area contributed by atoms with Gasteiger partial charge in [-0.25, -0.2) is 0 Å². The van der Waals surface area contributed by atoms with Gasteiger partial charge in [0.05, 0.1) is 34.4 Å². The van der Waals surface area contributed by atoms with Gasteiger partial charge in [0.1, 0.15) is 16.3 Å². The van der Waals surface area contributed by atoms with Crippen LogP contribution in [0.3, 0.4) is 0 Å². The van der Waals surface area contributed by atoms with Crippen molar-refractivity contribution >= 4 is 43.8 Å². The van der Waals surface area contributed by atoms with E-state index in [1.807, 2.05) is 13.0 Å². The molecule has 3 aromatic heterocycles. The molecular weight excluding hydrogens is 388 g/mol. The number of fused-ring (bicyclic) bond motifs is 1. The molecule has 4 rings (SSSR count). The van der Waals surface area contributed by atoms with E-state index in [-0.39, 0.29) is 11.9 Å². The van der Waals surface area contributed by atoms with E-state index in [0.717, 1.165) is 36.3 Å². The highest BCUT2D eigenvalue weighted by Crippen LogP contribution is 2.38. The van der Waals surface area contributed by atoms with E-state index in [1.165, 1.54) is 11.3 Å². The quantitative estimate of drug-likeness (QED) is 0.589. The number of hydrogen-bond acceptors (Lipinski definition) is 8. The second kappa shape index (κ2) is 8.22. The molecule has 1 atom stereocenters. The van der Waals surface area contributed by atoms with Crippen LogP contribution in [0.15, 0.2) is 30.7 Å². The van der Waals surface area contributed by atoms with Gasteiger partial charge in [-0.1, -0.05) is 0 Å². The molecule has 1 fully saturated rings. The summed E-state index contributed by atoms with van der Waals surface area (Å²) in [5.74, 6) is 0.364. The Bertz CT molecular complexity index is 1040. The predicted octanol–water partition coefficient (Wildman–Crippen LogP) is 2.85. The fourth-order valence-corrected chi connectivity index (χ4v) is 4.64. The van der Waals surface area contributed by atoms with Gasteiger partial charge >= 0.3 is 0 Å². The molecule has 1 amide bonds. The highest BCUT2D eigenvalue weighted by atomic mass is 32.1. The van der Waals surface area contributed by atoms with Crippen molar-refractivity contribution < 1.29 is 9.53 Å². The Kier molecular flexibility index (Phi) is 5.50. The molecule has 152 valence electrons. The molecule has 0 aliphatic carbocycles. The standard InChI is InChI=1S/C20H24N6O2S/c1-2-28-15-6-8-24-17-16(19(22)29-18(15)17)20(27)25-13-10-23-7-5-14(13)26-9-3-4-12(21)11-26/h5-8,10,12H,2-4,9,11,21-22H2,1H3,(H,25,27). The Hall–Kier alpha value is -2.91. The van der Waals surface area contributed by atoms with Crippen LogP contribution >= 0.6 is 11.3 Å². The minimum Gasteiger partial charge on any atom is -0.492 e. The first-order chi connectivity index (χ1) is 14.1. The zero-order valence-electron chi connectivity index (χ0n) is 16.2. The van der Waals surface area contributed by atoms with Crippen LogP contribution in [-0.2, 0) is 0 Å². The molecule has 8 nitrogen and oxygen atoms in total. The molecule has 5 N–H and O–H groups in total. The summed E-state index contributed by atoms with van der Waals surface area (Å²) in [6, 6.07) is 3.80. The van der Waals surface area contributed by atoms with E-state index in [2.05, 4.69) is 20.2 Å². The van der Waals surface area contributed by atoms with Gasteiger partial charge < -0.3 is 26.4 Å². The van der Waals surface area contributed by atoms with Crippen molar-refractivity contribution in [3.05, 3.63) is 36.3 Å². The zero-order chi connectivity index (χ0) is 20.4. The first kappa shape index (κ1) is 19.4. The van der Waals surface area contributed by atoms with E-state index in [0.29, 0.717) is 34.1 Å². The Balaban J connectivity index is 1.66. The molecular formula is C20H24N6O2S. The van der Waals surface area contributed by atoms with Gasteiger partial charge in [0.25, 0.3) is 5.91 Å². The molecule has 1 saturated heterocycles. The average Bonchev–Trinajstić information content (AvgIpc) is 3.05. The Morgan fingerprint density at radius 3 is 3.07 bits per heavy atom. The third-order valence-corrected chi connectivity index (χ3v) is 5.96. The maximum absolute atomic E-state index is 13.1. The second-order valence-electron chi connectivity index (χ2n) is 6.96. The molecule has 0 aromatic carbocycles. The van der Waals surface area contributed by atoms with Crippen LogP contribution in [0.4, 0.5) is 16.4 Å². The Morgan fingerprint density at radius 1 is 1.41 bits per heavy atom. The van der Waals surface area contributed by atoms with Gasteiger partial charge in [0.15, 0.2) is 0 Å². The molecule has 0 radical (unpaired) electrons. The van der Waals surface area contributed by atoms with Crippen molar-refractivity contribution in [3.8, 4) is 5.75 Å². The molecule has 9 heteroatoms. The van der Waals surface area contributed by atoms with E-state index in [1.54, 1.807) is 24.7 Å². The third-order valence-electron chi connectivity index (χ3n) is 4.94. The summed E-state index contributed by atoms with van der Waals surface area (Å²) in [6.07, 6.45) is 7.02. The molecule has 0 spiro atoms. The van der Waals surface area contributed by atoms with Crippen LogP contribution in [0.1, 0.15) is 30.1 Å². The number of nitrogens with two attached hydrogens (primary N) is 2. The monoisotopic (exact) mass is 412 g/mol. The van der Waals surface area contributed by atoms with Gasteiger partial charge in [0, 0.05) is 31.5 Å². The number of carbonyl (C=O) groups is 1. The number of nitrogen functional groups attached to an aromatic ring is 1. The smallest absolute Gasteiger partial charge is 0.260 e. The van der Waals surface area contributed by atoms with Crippen molar-refractivity contribution in [1.82, 2.24) is 9.97 Å². The first-order valence-corrected chi connectivity index (χ1v) is 10.5. The van der Waals surface area contributed by atoms with Crippen LogP contribution < -0.4 is 26.4 Å². The highest BCUT2D eigenvalue weighted by Gasteiger charge is 2.24. The number of piperidine rings is 1. The van der Waals surface area contributed by atoms with Crippen LogP contribution in [0.25, 0.3) is 10.2 Å². The lowest BCUT2D eigenvalue weighted by Gasteiger charge is -2.33. The van der Waals surface area contributed by atoms with Gasteiger partial charge in [-0.3, -0.25) is 14.8 Å². The number of nitrogens with zero attached hydrogens (tertiary/aromatic N) is 3. The maximum Gasteiger partial charge on any atom is 0.260 e. The molecule has 1 aliphatic heterocycles. The number of hydrogen-bond donors (Lipinski definition) is 3. The van der Waals surface area contributed by atoms with Gasteiger partial charge in [-0.2, -0.15) is 0 Å². The normalized spacial score (nSPS) is 16.8. The van der Waals surface area contributed by atoms with Gasteiger partial charge in [-0.15, -0.1) is 11.3 Å². The summed E-state index contributed by atoms with van der Waals surface area (Å²) in [4.78, 5) is 23.9. The summed E-state index contributed by atoms with van der Waals surface area (Å²) < 4.78 is 6.42. The maximum atomic E-state index is 13.1. The fraction of sp³-hybridized carbons (Fsp3) is 0.350. The van der Waals surface area contributed by atoms with Crippen molar-refractivity contribution in [3.63, 3.8) is 0 Å². The summed E-state index contributed by atoms with van der Waals surface area (Å²) in [7, 11) is 0. The minimum atomic E-state index is -0.314. The molecule has 29 heavy (non-hydrogen) atoms. The van der Waals surface area contributed by atoms with E-state index in [9.17, 15) is 4.79 Å². The minimum absolute atomic E-state index is 0.123. The van der Waals surface area contributed by atoms with Crippen LogP contribution in [0.2, 0.25) is 0 Å². The molecule has 0 bridgehead atoms. The van der Waals surface area contributed by atoms with Crippen molar-refractivity contribution in [2.24, 2.45) is 5.73 Å². The number of thiophene rings is 1. The number of amides is 1. The Morgan fingerprint density at radius 2 is 2.28 bits per heavy atom. The van der Waals surface area contributed by atoms with E-state index >= 15 is 0 Å². The van der Waals surface area contributed by atoms with Crippen molar-refractivity contribution in [2.45, 2.75) is 25.8 Å². The summed E-state index contributed by atoms with van der Waals surface area (Å²) in [5.41, 5.74) is 14.8. The van der Waals surface area contributed by atoms with E-state index in [4.69, 9.17) is 16.2 Å². The summed E-state index contributed by atoms with van der Waals surface area (Å²) in [6.45, 7) is 4.07. The average molecular weight is 413 g/mol. The lowest BCUT2D eigenvalue weighted by molar-refractivity contribution is 0.102. The number of anilines is 3. The highest BCUT2D eigenvalue weighted by molar-refractivity contribution is 7.23. The van der Waals surface area contributed by atoms with Gasteiger partial charge in [0.2, 0.25) is 0 Å². The Labute approximate surface area is 172 Å². The predicted molar refractivity (Wildman–Crippen MR) is 117 cm³/mol. The first-order valence-electron chi connectivity index (χ1n) is 9.64. The topological polar surface area (TPSA) is 119 Å².